The molecule has 0 fully saturated rings. The summed E-state index contributed by atoms with van der Waals surface area (Å²) in [4.78, 5) is 12.5. The number of benzene rings is 2. The minimum atomic E-state index is -4.01. The second-order valence-corrected chi connectivity index (χ2v) is 8.96. The zero-order valence-corrected chi connectivity index (χ0v) is 17.0. The molecule has 1 aliphatic rings. The van der Waals surface area contributed by atoms with Gasteiger partial charge in [-0.25, -0.2) is 8.42 Å². The molecule has 0 radical (unpaired) electrons. The molecule has 0 aliphatic carbocycles. The number of hydrogen-bond donors (Lipinski definition) is 1. The Morgan fingerprint density at radius 3 is 2.57 bits per heavy atom. The first-order valence-corrected chi connectivity index (χ1v) is 10.9. The molecule has 2 aromatic rings. The van der Waals surface area contributed by atoms with E-state index < -0.39 is 33.4 Å². The maximum Gasteiger partial charge on any atom is 0.387 e. The first-order chi connectivity index (χ1) is 14.3. The van der Waals surface area contributed by atoms with Crippen molar-refractivity contribution in [1.82, 2.24) is 0 Å². The highest BCUT2D eigenvalue weighted by atomic mass is 32.2. The maximum atomic E-state index is 12.7. The molecule has 10 heteroatoms. The number of carbonyl (C=O) groups is 1. The molecule has 7 nitrogen and oxygen atoms in total. The normalized spacial score (nSPS) is 14.7. The van der Waals surface area contributed by atoms with Crippen molar-refractivity contribution >= 4 is 21.4 Å². The highest BCUT2D eigenvalue weighted by Gasteiger charge is 2.30. The Morgan fingerprint density at radius 2 is 1.83 bits per heavy atom. The van der Waals surface area contributed by atoms with Crippen molar-refractivity contribution in [2.75, 3.05) is 18.5 Å². The van der Waals surface area contributed by atoms with Gasteiger partial charge in [0.2, 0.25) is 5.91 Å². The maximum absolute atomic E-state index is 12.7. The van der Waals surface area contributed by atoms with Gasteiger partial charge in [-0.3, -0.25) is 4.79 Å². The number of fused-ring (bicyclic) bond motifs is 1. The summed E-state index contributed by atoms with van der Waals surface area (Å²) in [5, 5.41) is 1.12. The third-order valence-corrected chi connectivity index (χ3v) is 6.47. The molecule has 1 aliphatic heterocycles. The number of ether oxygens (including phenoxy) is 3. The summed E-state index contributed by atoms with van der Waals surface area (Å²) in [6.45, 7) is -0.862. The first-order valence-electron chi connectivity index (χ1n) is 9.21. The van der Waals surface area contributed by atoms with E-state index in [1.165, 1.54) is 31.2 Å². The lowest BCUT2D eigenvalue weighted by Gasteiger charge is -2.16. The van der Waals surface area contributed by atoms with E-state index in [1.54, 1.807) is 18.2 Å². The molecule has 0 saturated heterocycles. The Labute approximate surface area is 172 Å². The van der Waals surface area contributed by atoms with Crippen molar-refractivity contribution < 1.29 is 36.2 Å². The largest absolute Gasteiger partial charge is 0.490 e. The minimum absolute atomic E-state index is 0.0491. The van der Waals surface area contributed by atoms with Gasteiger partial charge in [-0.1, -0.05) is 18.2 Å². The first kappa shape index (κ1) is 21.8. The zero-order chi connectivity index (χ0) is 21.7. The number of halogens is 2. The van der Waals surface area contributed by atoms with Gasteiger partial charge in [-0.05, 0) is 25.1 Å². The van der Waals surface area contributed by atoms with Gasteiger partial charge in [0, 0.05) is 23.7 Å². The lowest BCUT2D eigenvalue weighted by Crippen LogP contribution is -2.33. The second kappa shape index (κ2) is 9.29. The standard InChI is InChI=1S/C20H21F2NO6S/c1-13(30(25,26)12-14-5-2-3-6-16(14)29-20(21)22)19(24)23-15-7-8-17-18(11-15)28-10-4-9-27-17/h2-3,5-8,11,13,20H,4,9-10,12H2,1H3,(H,23,24)/t13-/m0/s1. The van der Waals surface area contributed by atoms with Crippen LogP contribution < -0.4 is 19.5 Å². The van der Waals surface area contributed by atoms with Gasteiger partial charge in [0.25, 0.3) is 0 Å². The number of rotatable bonds is 7. The van der Waals surface area contributed by atoms with Crippen molar-refractivity contribution in [3.05, 3.63) is 48.0 Å². The Kier molecular flexibility index (Phi) is 6.76. The number of carbonyl (C=O) groups excluding carboxylic acids is 1. The van der Waals surface area contributed by atoms with E-state index >= 15 is 0 Å². The molecule has 1 heterocycles. The lowest BCUT2D eigenvalue weighted by atomic mass is 10.2. The molecule has 1 N–H and O–H groups in total. The van der Waals surface area contributed by atoms with Crippen molar-refractivity contribution in [2.24, 2.45) is 0 Å². The molecule has 0 spiro atoms. The van der Waals surface area contributed by atoms with Gasteiger partial charge in [0.1, 0.15) is 11.0 Å². The summed E-state index contributed by atoms with van der Waals surface area (Å²) < 4.78 is 65.9. The molecule has 0 bridgehead atoms. The predicted molar refractivity (Wildman–Crippen MR) is 106 cm³/mol. The number of amides is 1. The molecular weight excluding hydrogens is 420 g/mol. The Balaban J connectivity index is 1.72. The molecule has 3 rings (SSSR count). The topological polar surface area (TPSA) is 90.9 Å². The van der Waals surface area contributed by atoms with Gasteiger partial charge in [-0.2, -0.15) is 8.78 Å². The number of anilines is 1. The minimum Gasteiger partial charge on any atom is -0.490 e. The van der Waals surface area contributed by atoms with Gasteiger partial charge >= 0.3 is 6.61 Å². The fraction of sp³-hybridized carbons (Fsp3) is 0.350. The SMILES string of the molecule is C[C@@H](C(=O)Nc1ccc2c(c1)OCCCO2)S(=O)(=O)Cc1ccccc1OC(F)F. The van der Waals surface area contributed by atoms with Crippen molar-refractivity contribution in [3.8, 4) is 17.2 Å². The molecular formula is C20H21F2NO6S. The van der Waals surface area contributed by atoms with Crippen LogP contribution in [0.1, 0.15) is 18.9 Å². The number of sulfone groups is 1. The van der Waals surface area contributed by atoms with Crippen LogP contribution in [0.5, 0.6) is 17.2 Å². The summed E-state index contributed by atoms with van der Waals surface area (Å²) in [5.41, 5.74) is 0.403. The van der Waals surface area contributed by atoms with E-state index in [9.17, 15) is 22.0 Å². The summed E-state index contributed by atoms with van der Waals surface area (Å²) in [6.07, 6.45) is 0.725. The third kappa shape index (κ3) is 5.38. The second-order valence-electron chi connectivity index (χ2n) is 6.64. The van der Waals surface area contributed by atoms with E-state index in [0.29, 0.717) is 30.4 Å². The van der Waals surface area contributed by atoms with E-state index in [-0.39, 0.29) is 11.3 Å². The zero-order valence-electron chi connectivity index (χ0n) is 16.1. The Morgan fingerprint density at radius 1 is 1.13 bits per heavy atom. The summed E-state index contributed by atoms with van der Waals surface area (Å²) in [7, 11) is -4.01. The summed E-state index contributed by atoms with van der Waals surface area (Å²) in [5.74, 6) is -0.616. The predicted octanol–water partition coefficient (Wildman–Crippen LogP) is 3.39. The number of nitrogens with one attached hydrogen (secondary N) is 1. The molecule has 0 aromatic heterocycles. The molecule has 2 aromatic carbocycles. The van der Waals surface area contributed by atoms with Crippen LogP contribution in [0.25, 0.3) is 0 Å². The summed E-state index contributed by atoms with van der Waals surface area (Å²) >= 11 is 0. The van der Waals surface area contributed by atoms with E-state index in [4.69, 9.17) is 9.47 Å². The van der Waals surface area contributed by atoms with Crippen molar-refractivity contribution in [3.63, 3.8) is 0 Å². The number of alkyl halides is 2. The third-order valence-electron chi connectivity index (χ3n) is 4.47. The Bertz CT molecular complexity index is 1010. The van der Waals surface area contributed by atoms with Crippen LogP contribution in [0.15, 0.2) is 42.5 Å². The van der Waals surface area contributed by atoms with Gasteiger partial charge in [0.15, 0.2) is 21.3 Å². The van der Waals surface area contributed by atoms with Crippen molar-refractivity contribution in [1.29, 1.82) is 0 Å². The van der Waals surface area contributed by atoms with E-state index in [0.717, 1.165) is 6.42 Å². The average molecular weight is 441 g/mol. The highest BCUT2D eigenvalue weighted by molar-refractivity contribution is 7.92. The number of hydrogen-bond acceptors (Lipinski definition) is 6. The molecule has 1 atom stereocenters. The molecule has 1 amide bonds. The number of para-hydroxylation sites is 1. The van der Waals surface area contributed by atoms with Crippen LogP contribution in [0.2, 0.25) is 0 Å². The van der Waals surface area contributed by atoms with Crippen LogP contribution >= 0.6 is 0 Å². The smallest absolute Gasteiger partial charge is 0.387 e. The quantitative estimate of drug-likeness (QED) is 0.708. The molecule has 30 heavy (non-hydrogen) atoms. The van der Waals surface area contributed by atoms with Crippen LogP contribution in [-0.2, 0) is 20.4 Å². The van der Waals surface area contributed by atoms with Crippen LogP contribution in [0, 0.1) is 0 Å². The highest BCUT2D eigenvalue weighted by Crippen LogP contribution is 2.32. The van der Waals surface area contributed by atoms with E-state index in [1.807, 2.05) is 0 Å². The van der Waals surface area contributed by atoms with Gasteiger partial charge in [0.05, 0.1) is 19.0 Å². The van der Waals surface area contributed by atoms with Crippen molar-refractivity contribution in [2.45, 2.75) is 31.0 Å². The lowest BCUT2D eigenvalue weighted by molar-refractivity contribution is -0.115. The summed E-state index contributed by atoms with van der Waals surface area (Å²) in [6, 6.07) is 10.3. The average Bonchev–Trinajstić information content (AvgIpc) is 2.93. The van der Waals surface area contributed by atoms with Crippen LogP contribution in [0.4, 0.5) is 14.5 Å². The molecule has 0 unspecified atom stereocenters. The van der Waals surface area contributed by atoms with Crippen LogP contribution in [-0.4, -0.2) is 39.4 Å². The fourth-order valence-electron chi connectivity index (χ4n) is 2.82. The van der Waals surface area contributed by atoms with Gasteiger partial charge in [-0.15, -0.1) is 0 Å². The monoisotopic (exact) mass is 441 g/mol. The van der Waals surface area contributed by atoms with E-state index in [2.05, 4.69) is 10.1 Å². The molecule has 162 valence electrons. The van der Waals surface area contributed by atoms with Gasteiger partial charge < -0.3 is 19.5 Å². The Hall–Kier alpha value is -2.88. The van der Waals surface area contributed by atoms with Crippen LogP contribution in [0.3, 0.4) is 0 Å². The fourth-order valence-corrected chi connectivity index (χ4v) is 4.13. The molecule has 0 saturated carbocycles.